The van der Waals surface area contributed by atoms with Crippen LogP contribution >= 0.6 is 0 Å². The van der Waals surface area contributed by atoms with E-state index in [9.17, 15) is 13.2 Å². The van der Waals surface area contributed by atoms with E-state index in [1.165, 1.54) is 46.2 Å². The number of pyridine rings is 1. The minimum Gasteiger partial charge on any atom is -0.413 e. The van der Waals surface area contributed by atoms with Gasteiger partial charge in [-0.15, -0.1) is 0 Å². The van der Waals surface area contributed by atoms with Gasteiger partial charge in [0.2, 0.25) is 12.7 Å². The van der Waals surface area contributed by atoms with Crippen molar-refractivity contribution in [3.63, 3.8) is 0 Å². The molecule has 12 heteroatoms. The number of rotatable bonds is 2. The summed E-state index contributed by atoms with van der Waals surface area (Å²) in [7, 11) is 3.98. The second-order valence-corrected chi connectivity index (χ2v) is 10.2. The van der Waals surface area contributed by atoms with Gasteiger partial charge in [0.05, 0.1) is 19.8 Å². The number of nitrogens with zero attached hydrogens (tertiary/aromatic N) is 7. The molecule has 0 spiro atoms. The Bertz CT molecular complexity index is 1760. The molecular formula is C34H36F3IrN8-3. The molecule has 2 aromatic carbocycles. The third-order valence-corrected chi connectivity index (χ3v) is 6.74. The van der Waals surface area contributed by atoms with Crippen molar-refractivity contribution in [2.45, 2.75) is 47.7 Å². The van der Waals surface area contributed by atoms with Gasteiger partial charge in [0, 0.05) is 37.7 Å². The van der Waals surface area contributed by atoms with E-state index in [-0.39, 0.29) is 31.6 Å². The Morgan fingerprint density at radius 2 is 1.54 bits per heavy atom. The first kappa shape index (κ1) is 37.8. The maximum Gasteiger partial charge on any atom is 0.429 e. The summed E-state index contributed by atoms with van der Waals surface area (Å²) in [6.45, 7) is 12.4. The Kier molecular flexibility index (Phi) is 14.2. The fourth-order valence-electron chi connectivity index (χ4n) is 3.66. The number of halogens is 3. The van der Waals surface area contributed by atoms with E-state index in [0.717, 1.165) is 5.69 Å². The van der Waals surface area contributed by atoms with Crippen molar-refractivity contribution in [1.82, 2.24) is 29.7 Å². The molecule has 0 fully saturated rings. The van der Waals surface area contributed by atoms with Gasteiger partial charge in [-0.3, -0.25) is 10.1 Å². The molecule has 6 rings (SSSR count). The van der Waals surface area contributed by atoms with Crippen LogP contribution in [0.1, 0.15) is 39.7 Å². The maximum atomic E-state index is 12.1. The number of aromatic nitrogens is 8. The molecule has 245 valence electrons. The summed E-state index contributed by atoms with van der Waals surface area (Å²) >= 11 is 0. The Morgan fingerprint density at radius 3 is 1.96 bits per heavy atom. The molecule has 46 heavy (non-hydrogen) atoms. The molecule has 0 aliphatic heterocycles. The molecule has 0 saturated carbocycles. The number of nitrogens with one attached hydrogen (secondary N) is 1. The van der Waals surface area contributed by atoms with Gasteiger partial charge in [-0.25, -0.2) is 0 Å². The fraction of sp³-hybridized carbons (Fsp3) is 0.265. The predicted molar refractivity (Wildman–Crippen MR) is 163 cm³/mol. The van der Waals surface area contributed by atoms with Crippen molar-refractivity contribution in [3.8, 4) is 17.2 Å². The normalized spacial score (nSPS) is 10.3. The van der Waals surface area contributed by atoms with Crippen LogP contribution in [0.3, 0.4) is 0 Å². The van der Waals surface area contributed by atoms with Crippen LogP contribution in [0.15, 0.2) is 66.9 Å². The van der Waals surface area contributed by atoms with E-state index >= 15 is 0 Å². The Morgan fingerprint density at radius 1 is 0.870 bits per heavy atom. The number of benzene rings is 2. The van der Waals surface area contributed by atoms with E-state index in [4.69, 9.17) is 0 Å². The third-order valence-electron chi connectivity index (χ3n) is 6.74. The first-order chi connectivity index (χ1) is 21.3. The van der Waals surface area contributed by atoms with Crippen molar-refractivity contribution >= 4 is 0 Å². The van der Waals surface area contributed by atoms with Crippen LogP contribution in [-0.4, -0.2) is 24.6 Å². The largest absolute Gasteiger partial charge is 0.429 e. The molecule has 0 aliphatic rings. The molecule has 4 heterocycles. The fourth-order valence-corrected chi connectivity index (χ4v) is 3.66. The predicted octanol–water partition coefficient (Wildman–Crippen LogP) is 5.39. The van der Waals surface area contributed by atoms with Crippen LogP contribution in [0.2, 0.25) is 0 Å². The number of aromatic amines is 1. The van der Waals surface area contributed by atoms with Crippen molar-refractivity contribution in [2.75, 3.05) is 0 Å². The van der Waals surface area contributed by atoms with Gasteiger partial charge in [-0.05, 0) is 43.2 Å². The number of aryl methyl sites for hydroxylation is 5. The van der Waals surface area contributed by atoms with Crippen LogP contribution in [0.5, 0.6) is 0 Å². The minimum atomic E-state index is -4.57. The first-order valence-electron chi connectivity index (χ1n) is 14.0. The molecule has 0 bridgehead atoms. The summed E-state index contributed by atoms with van der Waals surface area (Å²) in [6, 6.07) is 24.9. The van der Waals surface area contributed by atoms with Crippen LogP contribution < -0.4 is 14.2 Å². The third kappa shape index (κ3) is 10.9. The van der Waals surface area contributed by atoms with Gasteiger partial charge < -0.3 is 28.8 Å². The van der Waals surface area contributed by atoms with Gasteiger partial charge in [-0.2, -0.15) is 78.9 Å². The number of hydrogen-bond acceptors (Lipinski definition) is 3. The van der Waals surface area contributed by atoms with Crippen LogP contribution in [-0.2, 0) is 40.4 Å². The Labute approximate surface area is 281 Å². The summed E-state index contributed by atoms with van der Waals surface area (Å²) in [6.07, 6.45) is 3.06. The smallest absolute Gasteiger partial charge is 0.413 e. The van der Waals surface area contributed by atoms with Crippen LogP contribution in [0, 0.1) is 66.3 Å². The molecule has 0 atom stereocenters. The minimum absolute atomic E-state index is 0. The van der Waals surface area contributed by atoms with Crippen LogP contribution in [0.4, 0.5) is 13.2 Å². The van der Waals surface area contributed by atoms with Gasteiger partial charge in [0.15, 0.2) is 0 Å². The topological polar surface area (TPSA) is 81.2 Å². The second-order valence-electron chi connectivity index (χ2n) is 10.2. The summed E-state index contributed by atoms with van der Waals surface area (Å²) in [5, 5.41) is 6.25. The van der Waals surface area contributed by atoms with Crippen molar-refractivity contribution < 1.29 is 42.4 Å². The SMILES string of the molecule is Cc1[nH][c-][n+](C)c1C.Cc1cc[c-]c(-n2[c-][n+](C)c(C)c2C)c1.Cc1cc[c-]cc1.FC(F)(F)c1n[n-]c(-c2ccccn2)n1.[Ir]. The van der Waals surface area contributed by atoms with E-state index in [1.807, 2.05) is 65.1 Å². The zero-order chi connectivity index (χ0) is 33.1. The average Bonchev–Trinajstić information content (AvgIpc) is 3.71. The number of imidazole rings is 2. The molecule has 0 unspecified atom stereocenters. The molecule has 8 nitrogen and oxygen atoms in total. The van der Waals surface area contributed by atoms with E-state index in [2.05, 4.69) is 96.7 Å². The number of H-pyrrole nitrogens is 1. The maximum absolute atomic E-state index is 12.1. The van der Waals surface area contributed by atoms with E-state index in [0.29, 0.717) is 0 Å². The van der Waals surface area contributed by atoms with Crippen molar-refractivity contribution in [1.29, 1.82) is 0 Å². The second kappa shape index (κ2) is 17.3. The molecular weight excluding hydrogens is 770 g/mol. The molecule has 0 saturated heterocycles. The standard InChI is InChI=1S/C13H15N2.C8H4F3N4.C7H7.C6H10N2.Ir/c1-10-6-5-7-13(8-10)15-9-14(4)11(2)12(15)3;9-8(10,11)7-13-6(14-15-7)5-3-1-2-4-12-5;1-7-5-3-2-4-6-7;1-5-6(2)8(3)4-7-5;/h5-6,8H,1-4H3;1-4H;3-6H,1H3;7H,1-3H3;/q3*-1;;. The summed E-state index contributed by atoms with van der Waals surface area (Å²) in [4.78, 5) is 10.0. The van der Waals surface area contributed by atoms with Gasteiger partial charge >= 0.3 is 6.18 Å². The van der Waals surface area contributed by atoms with Crippen LogP contribution in [0.25, 0.3) is 17.2 Å². The van der Waals surface area contributed by atoms with E-state index < -0.39 is 12.0 Å². The van der Waals surface area contributed by atoms with Crippen molar-refractivity contribution in [3.05, 3.63) is 131 Å². The number of alkyl halides is 3. The monoisotopic (exact) mass is 806 g/mol. The number of hydrogen-bond donors (Lipinski definition) is 1. The molecule has 0 aliphatic carbocycles. The van der Waals surface area contributed by atoms with Crippen molar-refractivity contribution in [2.24, 2.45) is 14.1 Å². The van der Waals surface area contributed by atoms with E-state index in [1.54, 1.807) is 12.1 Å². The Balaban J connectivity index is 0.000000223. The van der Waals surface area contributed by atoms with Gasteiger partial charge in [0.1, 0.15) is 5.82 Å². The first-order valence-corrected chi connectivity index (χ1v) is 14.0. The quantitative estimate of drug-likeness (QED) is 0.188. The molecule has 0 amide bonds. The summed E-state index contributed by atoms with van der Waals surface area (Å²) < 4.78 is 42.4. The summed E-state index contributed by atoms with van der Waals surface area (Å²) in [5.74, 6) is -1.37. The zero-order valence-corrected chi connectivity index (χ0v) is 29.3. The van der Waals surface area contributed by atoms with Gasteiger partial charge in [0.25, 0.3) is 0 Å². The molecule has 1 radical (unpaired) electrons. The Hall–Kier alpha value is -4.41. The molecule has 4 aromatic heterocycles. The summed E-state index contributed by atoms with van der Waals surface area (Å²) in [5.41, 5.74) is 8.71. The zero-order valence-electron chi connectivity index (χ0n) is 26.9. The molecule has 1 N–H and O–H groups in total. The average molecular weight is 806 g/mol. The van der Waals surface area contributed by atoms with Gasteiger partial charge in [-0.1, -0.05) is 39.4 Å². The molecule has 6 aromatic rings.